The van der Waals surface area contributed by atoms with Gasteiger partial charge in [-0.25, -0.2) is 4.39 Å². The zero-order chi connectivity index (χ0) is 9.14. The first-order valence-electron chi connectivity index (χ1n) is 3.57. The predicted octanol–water partition coefficient (Wildman–Crippen LogP) is 1.18. The summed E-state index contributed by atoms with van der Waals surface area (Å²) in [6.07, 6.45) is 0.566. The van der Waals surface area contributed by atoms with E-state index in [4.69, 9.17) is 16.7 Å². The van der Waals surface area contributed by atoms with E-state index in [-0.39, 0.29) is 6.54 Å². The van der Waals surface area contributed by atoms with Crippen LogP contribution < -0.4 is 0 Å². The highest BCUT2D eigenvalue weighted by molar-refractivity contribution is 6.31. The third-order valence-electron chi connectivity index (χ3n) is 1.46. The Hall–Kier alpha value is -0.610. The van der Waals surface area contributed by atoms with Gasteiger partial charge in [-0.1, -0.05) is 11.6 Å². The largest absolute Gasteiger partial charge is 0.388 e. The predicted molar refractivity (Wildman–Crippen MR) is 44.0 cm³/mol. The molecule has 0 aromatic carbocycles. The van der Waals surface area contributed by atoms with Gasteiger partial charge in [0.2, 0.25) is 0 Å². The van der Waals surface area contributed by atoms with Crippen molar-refractivity contribution >= 4 is 11.6 Å². The van der Waals surface area contributed by atoms with Gasteiger partial charge < -0.3 is 5.11 Å². The molecule has 0 aliphatic carbocycles. The molecule has 3 nitrogen and oxygen atoms in total. The Morgan fingerprint density at radius 2 is 2.50 bits per heavy atom. The summed E-state index contributed by atoms with van der Waals surface area (Å²) < 4.78 is 13.3. The van der Waals surface area contributed by atoms with Crippen molar-refractivity contribution in [2.45, 2.75) is 19.6 Å². The third-order valence-corrected chi connectivity index (χ3v) is 1.83. The number of aliphatic hydroxyl groups is 1. The van der Waals surface area contributed by atoms with Crippen molar-refractivity contribution in [2.24, 2.45) is 0 Å². The Kier molecular flexibility index (Phi) is 3.05. The molecule has 0 fully saturated rings. The van der Waals surface area contributed by atoms with Crippen LogP contribution in [0.2, 0.25) is 5.02 Å². The number of aliphatic hydroxyl groups excluding tert-OH is 1. The minimum atomic E-state index is -1.000. The summed E-state index contributed by atoms with van der Waals surface area (Å²) in [5.74, 6) is 0. The number of aromatic nitrogens is 2. The SMILES string of the molecule is Cc1nn(CC(O)CF)cc1Cl. The number of aryl methyl sites for hydroxylation is 1. The van der Waals surface area contributed by atoms with Crippen molar-refractivity contribution in [3.8, 4) is 0 Å². The molecule has 0 amide bonds. The molecule has 12 heavy (non-hydrogen) atoms. The molecular weight excluding hydrogens is 183 g/mol. The number of nitrogens with zero attached hydrogens (tertiary/aromatic N) is 2. The highest BCUT2D eigenvalue weighted by Gasteiger charge is 2.07. The quantitative estimate of drug-likeness (QED) is 0.781. The fraction of sp³-hybridized carbons (Fsp3) is 0.571. The lowest BCUT2D eigenvalue weighted by atomic mass is 10.4. The van der Waals surface area contributed by atoms with Gasteiger partial charge in [-0.3, -0.25) is 4.68 Å². The number of halogens is 2. The highest BCUT2D eigenvalue weighted by atomic mass is 35.5. The van der Waals surface area contributed by atoms with E-state index < -0.39 is 12.8 Å². The third kappa shape index (κ3) is 2.19. The van der Waals surface area contributed by atoms with E-state index in [0.29, 0.717) is 10.7 Å². The molecule has 0 spiro atoms. The van der Waals surface area contributed by atoms with Crippen LogP contribution in [0.15, 0.2) is 6.20 Å². The average molecular weight is 193 g/mol. The van der Waals surface area contributed by atoms with Crippen LogP contribution >= 0.6 is 11.6 Å². The van der Waals surface area contributed by atoms with Gasteiger partial charge in [-0.2, -0.15) is 5.10 Å². The van der Waals surface area contributed by atoms with Crippen molar-refractivity contribution in [1.29, 1.82) is 0 Å². The van der Waals surface area contributed by atoms with Crippen LogP contribution in [-0.4, -0.2) is 27.7 Å². The molecule has 1 aromatic heterocycles. The lowest BCUT2D eigenvalue weighted by Crippen LogP contribution is -2.18. The van der Waals surface area contributed by atoms with Gasteiger partial charge in [0, 0.05) is 6.20 Å². The number of rotatable bonds is 3. The van der Waals surface area contributed by atoms with Gasteiger partial charge in [-0.05, 0) is 6.92 Å². The summed E-state index contributed by atoms with van der Waals surface area (Å²) in [4.78, 5) is 0. The Bertz CT molecular complexity index is 244. The molecule has 0 bridgehead atoms. The summed E-state index contributed by atoms with van der Waals surface area (Å²) in [7, 11) is 0. The van der Waals surface area contributed by atoms with E-state index in [0.717, 1.165) is 0 Å². The van der Waals surface area contributed by atoms with Gasteiger partial charge in [0.25, 0.3) is 0 Å². The molecule has 0 aliphatic rings. The van der Waals surface area contributed by atoms with E-state index in [1.165, 1.54) is 4.68 Å². The van der Waals surface area contributed by atoms with Crippen molar-refractivity contribution in [3.05, 3.63) is 16.9 Å². The molecule has 1 aromatic rings. The van der Waals surface area contributed by atoms with Crippen molar-refractivity contribution < 1.29 is 9.50 Å². The molecule has 1 atom stereocenters. The topological polar surface area (TPSA) is 38.0 Å². The monoisotopic (exact) mass is 192 g/mol. The molecule has 1 heterocycles. The summed E-state index contributed by atoms with van der Waals surface area (Å²) in [6, 6.07) is 0. The molecule has 1 unspecified atom stereocenters. The Morgan fingerprint density at radius 3 is 2.92 bits per heavy atom. The standard InChI is InChI=1S/C7H10ClFN2O/c1-5-7(8)4-11(10-5)3-6(12)2-9/h4,6,12H,2-3H2,1H3. The molecule has 68 valence electrons. The van der Waals surface area contributed by atoms with Gasteiger partial charge in [0.15, 0.2) is 0 Å². The van der Waals surface area contributed by atoms with E-state index in [2.05, 4.69) is 5.10 Å². The minimum absolute atomic E-state index is 0.143. The number of hydrogen-bond donors (Lipinski definition) is 1. The molecule has 0 aliphatic heterocycles. The van der Waals surface area contributed by atoms with E-state index in [1.807, 2.05) is 0 Å². The maximum Gasteiger partial charge on any atom is 0.117 e. The van der Waals surface area contributed by atoms with Crippen LogP contribution in [0.3, 0.4) is 0 Å². The maximum atomic E-state index is 11.9. The summed E-state index contributed by atoms with van der Waals surface area (Å²) in [5, 5.41) is 13.4. The highest BCUT2D eigenvalue weighted by Crippen LogP contribution is 2.12. The lowest BCUT2D eigenvalue weighted by Gasteiger charge is -2.04. The Morgan fingerprint density at radius 1 is 1.83 bits per heavy atom. The van der Waals surface area contributed by atoms with Crippen LogP contribution in [0, 0.1) is 6.92 Å². The van der Waals surface area contributed by atoms with Crippen molar-refractivity contribution in [1.82, 2.24) is 9.78 Å². The summed E-state index contributed by atoms with van der Waals surface area (Å²) in [5.41, 5.74) is 0.683. The van der Waals surface area contributed by atoms with E-state index in [9.17, 15) is 4.39 Å². The normalized spacial score (nSPS) is 13.3. The second-order valence-corrected chi connectivity index (χ2v) is 3.00. The molecule has 0 saturated heterocycles. The summed E-state index contributed by atoms with van der Waals surface area (Å²) >= 11 is 5.70. The second-order valence-electron chi connectivity index (χ2n) is 2.59. The van der Waals surface area contributed by atoms with Gasteiger partial charge in [0.05, 0.1) is 17.3 Å². The fourth-order valence-corrected chi connectivity index (χ4v) is 1.00. The van der Waals surface area contributed by atoms with E-state index in [1.54, 1.807) is 13.1 Å². The van der Waals surface area contributed by atoms with E-state index >= 15 is 0 Å². The first-order chi connectivity index (χ1) is 5.63. The molecule has 1 N–H and O–H groups in total. The Labute approximate surface area is 74.8 Å². The fourth-order valence-electron chi connectivity index (χ4n) is 0.852. The first-order valence-corrected chi connectivity index (χ1v) is 3.95. The van der Waals surface area contributed by atoms with Crippen LogP contribution in [0.25, 0.3) is 0 Å². The van der Waals surface area contributed by atoms with Crippen LogP contribution in [-0.2, 0) is 6.54 Å². The van der Waals surface area contributed by atoms with Crippen molar-refractivity contribution in [2.75, 3.05) is 6.67 Å². The number of hydrogen-bond acceptors (Lipinski definition) is 2. The molecule has 1 rings (SSSR count). The lowest BCUT2D eigenvalue weighted by molar-refractivity contribution is 0.118. The van der Waals surface area contributed by atoms with Gasteiger partial charge in [0.1, 0.15) is 12.8 Å². The molecule has 0 saturated carbocycles. The smallest absolute Gasteiger partial charge is 0.117 e. The molecular formula is C7H10ClFN2O. The van der Waals surface area contributed by atoms with Crippen molar-refractivity contribution in [3.63, 3.8) is 0 Å². The Balaban J connectivity index is 2.64. The summed E-state index contributed by atoms with van der Waals surface area (Å²) in [6.45, 7) is 1.13. The molecule has 0 radical (unpaired) electrons. The van der Waals surface area contributed by atoms with Crippen LogP contribution in [0.4, 0.5) is 4.39 Å². The maximum absolute atomic E-state index is 11.9. The van der Waals surface area contributed by atoms with Gasteiger partial charge >= 0.3 is 0 Å². The average Bonchev–Trinajstić information content (AvgIpc) is 2.31. The van der Waals surface area contributed by atoms with Gasteiger partial charge in [-0.15, -0.1) is 0 Å². The van der Waals surface area contributed by atoms with Crippen LogP contribution in [0.5, 0.6) is 0 Å². The zero-order valence-electron chi connectivity index (χ0n) is 6.67. The zero-order valence-corrected chi connectivity index (χ0v) is 7.42. The second kappa shape index (κ2) is 3.87. The molecule has 5 heteroatoms. The first kappa shape index (κ1) is 9.48. The van der Waals surface area contributed by atoms with Crippen LogP contribution in [0.1, 0.15) is 5.69 Å². The minimum Gasteiger partial charge on any atom is -0.388 e. The number of alkyl halides is 1.